The molecule has 0 bridgehead atoms. The van der Waals surface area contributed by atoms with Crippen molar-refractivity contribution in [3.8, 4) is 11.3 Å². The Hall–Kier alpha value is -1.79. The summed E-state index contributed by atoms with van der Waals surface area (Å²) in [6.45, 7) is 0.703. The Kier molecular flexibility index (Phi) is 5.93. The molecule has 3 rings (SSSR count). The minimum absolute atomic E-state index is 0.104. The first-order valence-electron chi connectivity index (χ1n) is 8.60. The second-order valence-electron chi connectivity index (χ2n) is 6.38. The molecule has 1 fully saturated rings. The normalized spacial score (nSPS) is 20.7. The monoisotopic (exact) mass is 344 g/mol. The summed E-state index contributed by atoms with van der Waals surface area (Å²) in [5, 5.41) is 6.24. The molecule has 2 heterocycles. The van der Waals surface area contributed by atoms with Crippen LogP contribution in [0.1, 0.15) is 37.1 Å². The molecule has 2 aromatic heterocycles. The zero-order valence-corrected chi connectivity index (χ0v) is 14.6. The maximum Gasteiger partial charge on any atom is 0.223 e. The van der Waals surface area contributed by atoms with Crippen LogP contribution >= 0.6 is 11.3 Å². The van der Waals surface area contributed by atoms with Crippen LogP contribution in [0.2, 0.25) is 0 Å². The average molecular weight is 344 g/mol. The molecular weight excluding hydrogens is 320 g/mol. The molecular formula is C18H24N4OS. The van der Waals surface area contributed by atoms with Crippen molar-refractivity contribution < 1.29 is 4.79 Å². The second-order valence-corrected chi connectivity index (χ2v) is 7.32. The van der Waals surface area contributed by atoms with E-state index in [1.54, 1.807) is 23.7 Å². The molecule has 6 heteroatoms. The third-order valence-corrected chi connectivity index (χ3v) is 5.39. The summed E-state index contributed by atoms with van der Waals surface area (Å²) in [7, 11) is 0. The number of carbonyl (C=O) groups excluding carboxylic acids is 1. The number of nitrogens with zero attached hydrogens (tertiary/aromatic N) is 2. The standard InChI is InChI=1S/C18H24N4OS/c19-15-4-1-3-14(11-15)18(23)21-8-2-5-17-22-16(12-24-17)13-6-9-20-10-7-13/h6-7,9-10,12,14-15H,1-5,8,11,19H2,(H,21,23). The van der Waals surface area contributed by atoms with Crippen molar-refractivity contribution in [3.63, 3.8) is 0 Å². The lowest BCUT2D eigenvalue weighted by Crippen LogP contribution is -2.38. The minimum atomic E-state index is 0.104. The van der Waals surface area contributed by atoms with Crippen LogP contribution in [0, 0.1) is 5.92 Å². The van der Waals surface area contributed by atoms with E-state index in [1.807, 2.05) is 12.1 Å². The molecule has 1 aliphatic carbocycles. The number of amides is 1. The van der Waals surface area contributed by atoms with E-state index in [0.29, 0.717) is 6.54 Å². The van der Waals surface area contributed by atoms with Gasteiger partial charge in [0.2, 0.25) is 5.91 Å². The Morgan fingerprint density at radius 2 is 2.17 bits per heavy atom. The number of rotatable bonds is 6. The van der Waals surface area contributed by atoms with Crippen molar-refractivity contribution in [1.29, 1.82) is 0 Å². The Morgan fingerprint density at radius 1 is 1.33 bits per heavy atom. The fourth-order valence-corrected chi connectivity index (χ4v) is 3.99. The lowest BCUT2D eigenvalue weighted by atomic mass is 9.85. The minimum Gasteiger partial charge on any atom is -0.356 e. The van der Waals surface area contributed by atoms with Crippen molar-refractivity contribution in [2.24, 2.45) is 11.7 Å². The zero-order valence-electron chi connectivity index (χ0n) is 13.8. The SMILES string of the molecule is NC1CCCC(C(=O)NCCCc2nc(-c3ccncc3)cs2)C1. The summed E-state index contributed by atoms with van der Waals surface area (Å²) < 4.78 is 0. The number of thiazole rings is 1. The number of carbonyl (C=O) groups is 1. The van der Waals surface area contributed by atoms with Gasteiger partial charge in [-0.05, 0) is 37.8 Å². The van der Waals surface area contributed by atoms with Crippen molar-refractivity contribution in [3.05, 3.63) is 34.9 Å². The van der Waals surface area contributed by atoms with E-state index >= 15 is 0 Å². The maximum absolute atomic E-state index is 12.2. The molecule has 0 aliphatic heterocycles. The highest BCUT2D eigenvalue weighted by Crippen LogP contribution is 2.23. The van der Waals surface area contributed by atoms with Crippen molar-refractivity contribution in [2.45, 2.75) is 44.6 Å². The predicted molar refractivity (Wildman–Crippen MR) is 96.6 cm³/mol. The zero-order chi connectivity index (χ0) is 16.8. The van der Waals surface area contributed by atoms with Gasteiger partial charge in [-0.3, -0.25) is 9.78 Å². The molecule has 128 valence electrons. The summed E-state index contributed by atoms with van der Waals surface area (Å²) in [4.78, 5) is 20.8. The number of pyridine rings is 1. The van der Waals surface area contributed by atoms with Gasteiger partial charge in [0.15, 0.2) is 0 Å². The quantitative estimate of drug-likeness (QED) is 0.790. The molecule has 0 spiro atoms. The number of hydrogen-bond acceptors (Lipinski definition) is 5. The van der Waals surface area contributed by atoms with Crippen molar-refractivity contribution in [2.75, 3.05) is 6.54 Å². The van der Waals surface area contributed by atoms with Crippen LogP contribution in [-0.4, -0.2) is 28.5 Å². The first-order chi connectivity index (χ1) is 11.7. The van der Waals surface area contributed by atoms with Gasteiger partial charge >= 0.3 is 0 Å². The fourth-order valence-electron chi connectivity index (χ4n) is 3.14. The third-order valence-electron chi connectivity index (χ3n) is 4.48. The van der Waals surface area contributed by atoms with E-state index in [1.165, 1.54) is 0 Å². The van der Waals surface area contributed by atoms with E-state index in [0.717, 1.165) is 54.8 Å². The molecule has 3 N–H and O–H groups in total. The van der Waals surface area contributed by atoms with Crippen molar-refractivity contribution in [1.82, 2.24) is 15.3 Å². The highest BCUT2D eigenvalue weighted by molar-refractivity contribution is 7.09. The first-order valence-corrected chi connectivity index (χ1v) is 9.48. The Labute approximate surface area is 146 Å². The van der Waals surface area contributed by atoms with Crippen LogP contribution in [-0.2, 0) is 11.2 Å². The van der Waals surface area contributed by atoms with Gasteiger partial charge in [-0.1, -0.05) is 6.42 Å². The molecule has 0 aromatic carbocycles. The van der Waals surface area contributed by atoms with Gasteiger partial charge < -0.3 is 11.1 Å². The molecule has 24 heavy (non-hydrogen) atoms. The first kappa shape index (κ1) is 17.0. The van der Waals surface area contributed by atoms with Crippen LogP contribution in [0.25, 0.3) is 11.3 Å². The largest absolute Gasteiger partial charge is 0.356 e. The molecule has 2 atom stereocenters. The van der Waals surface area contributed by atoms with E-state index in [-0.39, 0.29) is 17.9 Å². The van der Waals surface area contributed by atoms with Gasteiger partial charge in [0.1, 0.15) is 0 Å². The summed E-state index contributed by atoms with van der Waals surface area (Å²) in [6, 6.07) is 4.12. The van der Waals surface area contributed by atoms with Gasteiger partial charge in [-0.2, -0.15) is 0 Å². The number of aryl methyl sites for hydroxylation is 1. The van der Waals surface area contributed by atoms with Crippen LogP contribution in [0.5, 0.6) is 0 Å². The molecule has 2 unspecified atom stereocenters. The van der Waals surface area contributed by atoms with Gasteiger partial charge in [-0.15, -0.1) is 11.3 Å². The summed E-state index contributed by atoms with van der Waals surface area (Å²) >= 11 is 1.67. The molecule has 1 aliphatic rings. The predicted octanol–water partition coefficient (Wildman–Crippen LogP) is 2.77. The van der Waals surface area contributed by atoms with Gasteiger partial charge in [0.05, 0.1) is 10.7 Å². The number of hydrogen-bond donors (Lipinski definition) is 2. The van der Waals surface area contributed by atoms with Gasteiger partial charge in [0, 0.05) is 48.3 Å². The molecule has 0 saturated heterocycles. The summed E-state index contributed by atoms with van der Waals surface area (Å²) in [6.07, 6.45) is 9.27. The highest BCUT2D eigenvalue weighted by atomic mass is 32.1. The molecule has 1 saturated carbocycles. The average Bonchev–Trinajstić information content (AvgIpc) is 3.08. The topological polar surface area (TPSA) is 80.9 Å². The molecule has 0 radical (unpaired) electrons. The third kappa shape index (κ3) is 4.61. The van der Waals surface area contributed by atoms with Gasteiger partial charge in [0.25, 0.3) is 0 Å². The molecule has 2 aromatic rings. The Bertz CT molecular complexity index is 658. The smallest absolute Gasteiger partial charge is 0.223 e. The lowest BCUT2D eigenvalue weighted by molar-refractivity contribution is -0.126. The highest BCUT2D eigenvalue weighted by Gasteiger charge is 2.24. The second kappa shape index (κ2) is 8.35. The summed E-state index contributed by atoms with van der Waals surface area (Å²) in [5.74, 6) is 0.272. The van der Waals surface area contributed by atoms with E-state index in [4.69, 9.17) is 5.73 Å². The van der Waals surface area contributed by atoms with Crippen LogP contribution in [0.15, 0.2) is 29.9 Å². The number of nitrogens with one attached hydrogen (secondary N) is 1. The van der Waals surface area contributed by atoms with Crippen molar-refractivity contribution >= 4 is 17.2 Å². The lowest BCUT2D eigenvalue weighted by Gasteiger charge is -2.25. The van der Waals surface area contributed by atoms with Crippen LogP contribution in [0.3, 0.4) is 0 Å². The Balaban J connectivity index is 1.41. The number of aromatic nitrogens is 2. The fraction of sp³-hybridized carbons (Fsp3) is 0.500. The van der Waals surface area contributed by atoms with E-state index in [2.05, 4.69) is 20.7 Å². The van der Waals surface area contributed by atoms with E-state index < -0.39 is 0 Å². The number of nitrogens with two attached hydrogens (primary N) is 1. The summed E-state index contributed by atoms with van der Waals surface area (Å²) in [5.41, 5.74) is 8.04. The maximum atomic E-state index is 12.2. The van der Waals surface area contributed by atoms with Crippen LogP contribution in [0.4, 0.5) is 0 Å². The van der Waals surface area contributed by atoms with Gasteiger partial charge in [-0.25, -0.2) is 4.98 Å². The Morgan fingerprint density at radius 3 is 2.96 bits per heavy atom. The van der Waals surface area contributed by atoms with Crippen LogP contribution < -0.4 is 11.1 Å². The molecule has 1 amide bonds. The van der Waals surface area contributed by atoms with E-state index in [9.17, 15) is 4.79 Å². The molecule has 5 nitrogen and oxygen atoms in total.